The Labute approximate surface area is 155 Å². The fourth-order valence-electron chi connectivity index (χ4n) is 3.50. The molecule has 0 bridgehead atoms. The van der Waals surface area contributed by atoms with Crippen LogP contribution in [0.2, 0.25) is 0 Å². The number of aromatic nitrogens is 1. The SMILES string of the molecule is Cc1nc(Nc2cccc3c2CC(O)CC3)oc1-c1ccc(C(F)F)cc1. The monoisotopic (exact) mass is 370 g/mol. The zero-order chi connectivity index (χ0) is 19.0. The number of fused-ring (bicyclic) bond motifs is 1. The number of nitrogens with one attached hydrogen (secondary N) is 1. The molecule has 0 spiro atoms. The predicted octanol–water partition coefficient (Wildman–Crippen LogP) is 5.18. The largest absolute Gasteiger partial charge is 0.423 e. The standard InChI is InChI=1S/C21H20F2N2O2/c1-12-19(14-5-7-15(8-6-14)20(22)23)27-21(24-12)25-18-4-2-3-13-9-10-16(26)11-17(13)18/h2-8,16,20,26H,9-11H2,1H3,(H,24,25). The topological polar surface area (TPSA) is 58.3 Å². The Morgan fingerprint density at radius 3 is 2.70 bits per heavy atom. The van der Waals surface area contributed by atoms with Gasteiger partial charge in [0.15, 0.2) is 5.76 Å². The van der Waals surface area contributed by atoms with E-state index in [1.54, 1.807) is 12.1 Å². The summed E-state index contributed by atoms with van der Waals surface area (Å²) in [6, 6.07) is 12.3. The van der Waals surface area contributed by atoms with Crippen molar-refractivity contribution in [2.45, 2.75) is 38.7 Å². The summed E-state index contributed by atoms with van der Waals surface area (Å²) in [5.41, 5.74) is 4.51. The number of oxazole rings is 1. The molecule has 0 saturated heterocycles. The maximum Gasteiger partial charge on any atom is 0.299 e. The van der Waals surface area contributed by atoms with Gasteiger partial charge in [-0.1, -0.05) is 36.4 Å². The van der Waals surface area contributed by atoms with Crippen LogP contribution in [-0.2, 0) is 12.8 Å². The maximum atomic E-state index is 12.7. The third kappa shape index (κ3) is 3.57. The molecule has 1 aliphatic carbocycles. The number of anilines is 2. The third-order valence-corrected chi connectivity index (χ3v) is 4.92. The molecule has 1 heterocycles. The Morgan fingerprint density at radius 1 is 1.19 bits per heavy atom. The number of aryl methyl sites for hydroxylation is 2. The van der Waals surface area contributed by atoms with Gasteiger partial charge in [-0.3, -0.25) is 0 Å². The van der Waals surface area contributed by atoms with Gasteiger partial charge in [0.05, 0.1) is 11.8 Å². The Balaban J connectivity index is 1.61. The minimum atomic E-state index is -2.49. The summed E-state index contributed by atoms with van der Waals surface area (Å²) in [4.78, 5) is 4.42. The van der Waals surface area contributed by atoms with Crippen LogP contribution in [0.5, 0.6) is 0 Å². The van der Waals surface area contributed by atoms with Crippen LogP contribution in [-0.4, -0.2) is 16.2 Å². The average molecular weight is 370 g/mol. The quantitative estimate of drug-likeness (QED) is 0.664. The zero-order valence-corrected chi connectivity index (χ0v) is 14.9. The van der Waals surface area contributed by atoms with Crippen molar-refractivity contribution in [1.29, 1.82) is 0 Å². The first-order chi connectivity index (χ1) is 13.0. The molecule has 3 aromatic rings. The van der Waals surface area contributed by atoms with Gasteiger partial charge in [0.2, 0.25) is 0 Å². The number of hydrogen-bond acceptors (Lipinski definition) is 4. The number of rotatable bonds is 4. The Kier molecular flexibility index (Phi) is 4.66. The number of hydrogen-bond donors (Lipinski definition) is 2. The molecule has 27 heavy (non-hydrogen) atoms. The molecule has 0 saturated carbocycles. The number of halogens is 2. The molecule has 1 unspecified atom stereocenters. The lowest BCUT2D eigenvalue weighted by Crippen LogP contribution is -2.19. The molecule has 1 aromatic heterocycles. The van der Waals surface area contributed by atoms with Gasteiger partial charge in [0.25, 0.3) is 12.4 Å². The Morgan fingerprint density at radius 2 is 1.96 bits per heavy atom. The highest BCUT2D eigenvalue weighted by Gasteiger charge is 2.20. The van der Waals surface area contributed by atoms with Crippen LogP contribution in [0.25, 0.3) is 11.3 Å². The van der Waals surface area contributed by atoms with Crippen molar-refractivity contribution in [2.24, 2.45) is 0 Å². The predicted molar refractivity (Wildman–Crippen MR) is 99.4 cm³/mol. The molecule has 4 rings (SSSR count). The molecule has 2 aromatic carbocycles. The van der Waals surface area contributed by atoms with Crippen LogP contribution in [0.3, 0.4) is 0 Å². The van der Waals surface area contributed by atoms with Crippen molar-refractivity contribution in [3.05, 3.63) is 64.8 Å². The summed E-state index contributed by atoms with van der Waals surface area (Å²) >= 11 is 0. The summed E-state index contributed by atoms with van der Waals surface area (Å²) in [5, 5.41) is 13.2. The van der Waals surface area contributed by atoms with E-state index in [0.717, 1.165) is 24.1 Å². The van der Waals surface area contributed by atoms with Gasteiger partial charge in [-0.15, -0.1) is 0 Å². The van der Waals surface area contributed by atoms with Crippen molar-refractivity contribution in [3.8, 4) is 11.3 Å². The van der Waals surface area contributed by atoms with Crippen LogP contribution >= 0.6 is 0 Å². The molecule has 4 nitrogen and oxygen atoms in total. The molecular formula is C21H20F2N2O2. The van der Waals surface area contributed by atoms with Gasteiger partial charge in [-0.2, -0.15) is 4.98 Å². The molecule has 1 atom stereocenters. The average Bonchev–Trinajstić information content (AvgIpc) is 3.02. The van der Waals surface area contributed by atoms with Crippen molar-refractivity contribution in [1.82, 2.24) is 4.98 Å². The second-order valence-electron chi connectivity index (χ2n) is 6.82. The number of benzene rings is 2. The van der Waals surface area contributed by atoms with Crippen LogP contribution in [0.1, 0.15) is 35.2 Å². The fraction of sp³-hybridized carbons (Fsp3) is 0.286. The molecule has 2 N–H and O–H groups in total. The van der Waals surface area contributed by atoms with Gasteiger partial charge in [-0.25, -0.2) is 8.78 Å². The van der Waals surface area contributed by atoms with Crippen LogP contribution < -0.4 is 5.32 Å². The first-order valence-electron chi connectivity index (χ1n) is 8.93. The summed E-state index contributed by atoms with van der Waals surface area (Å²) < 4.78 is 31.3. The molecule has 0 aliphatic heterocycles. The minimum Gasteiger partial charge on any atom is -0.423 e. The molecule has 140 valence electrons. The van der Waals surface area contributed by atoms with Crippen molar-refractivity contribution in [3.63, 3.8) is 0 Å². The van der Waals surface area contributed by atoms with Gasteiger partial charge in [-0.05, 0) is 37.0 Å². The molecule has 0 fully saturated rings. The van der Waals surface area contributed by atoms with Crippen LogP contribution in [0, 0.1) is 6.92 Å². The normalized spacial score (nSPS) is 16.4. The summed E-state index contributed by atoms with van der Waals surface area (Å²) in [6.45, 7) is 1.81. The lowest BCUT2D eigenvalue weighted by molar-refractivity contribution is 0.151. The van der Waals surface area contributed by atoms with Crippen LogP contribution in [0.15, 0.2) is 46.9 Å². The van der Waals surface area contributed by atoms with Gasteiger partial charge in [0, 0.05) is 23.2 Å². The lowest BCUT2D eigenvalue weighted by Gasteiger charge is -2.23. The number of nitrogens with zero attached hydrogens (tertiary/aromatic N) is 1. The summed E-state index contributed by atoms with van der Waals surface area (Å²) in [5.74, 6) is 0.545. The van der Waals surface area contributed by atoms with E-state index in [9.17, 15) is 13.9 Å². The van der Waals surface area contributed by atoms with E-state index < -0.39 is 6.43 Å². The van der Waals surface area contributed by atoms with E-state index in [-0.39, 0.29) is 11.7 Å². The highest BCUT2D eigenvalue weighted by atomic mass is 19.3. The second-order valence-corrected chi connectivity index (χ2v) is 6.82. The number of aliphatic hydroxyl groups is 1. The minimum absolute atomic E-state index is 0.0243. The zero-order valence-electron chi connectivity index (χ0n) is 14.9. The third-order valence-electron chi connectivity index (χ3n) is 4.92. The van der Waals surface area contributed by atoms with Gasteiger partial charge >= 0.3 is 0 Å². The van der Waals surface area contributed by atoms with Crippen molar-refractivity contribution < 1.29 is 18.3 Å². The molecule has 1 aliphatic rings. The lowest BCUT2D eigenvalue weighted by atomic mass is 9.88. The van der Waals surface area contributed by atoms with Gasteiger partial charge in [0.1, 0.15) is 0 Å². The molecule has 0 radical (unpaired) electrons. The highest BCUT2D eigenvalue weighted by Crippen LogP contribution is 2.33. The highest BCUT2D eigenvalue weighted by molar-refractivity contribution is 5.65. The Bertz CT molecular complexity index is 951. The van der Waals surface area contributed by atoms with Gasteiger partial charge < -0.3 is 14.8 Å². The van der Waals surface area contributed by atoms with Crippen LogP contribution in [0.4, 0.5) is 20.5 Å². The first kappa shape index (κ1) is 17.7. The number of alkyl halides is 2. The van der Waals surface area contributed by atoms with Crippen molar-refractivity contribution >= 4 is 11.7 Å². The Hall–Kier alpha value is -2.73. The fourth-order valence-corrected chi connectivity index (χ4v) is 3.50. The molecule has 6 heteroatoms. The maximum absolute atomic E-state index is 12.7. The van der Waals surface area contributed by atoms with E-state index in [2.05, 4.69) is 16.4 Å². The van der Waals surface area contributed by atoms with E-state index in [1.807, 2.05) is 19.1 Å². The van der Waals surface area contributed by atoms with Crippen molar-refractivity contribution in [2.75, 3.05) is 5.32 Å². The summed E-state index contributed by atoms with van der Waals surface area (Å²) in [7, 11) is 0. The molecular weight excluding hydrogens is 350 g/mol. The van der Waals surface area contributed by atoms with E-state index >= 15 is 0 Å². The second kappa shape index (κ2) is 7.12. The van der Waals surface area contributed by atoms with E-state index in [4.69, 9.17) is 4.42 Å². The van der Waals surface area contributed by atoms with E-state index in [1.165, 1.54) is 17.7 Å². The number of aliphatic hydroxyl groups excluding tert-OH is 1. The smallest absolute Gasteiger partial charge is 0.299 e. The van der Waals surface area contributed by atoms with E-state index in [0.29, 0.717) is 29.5 Å². The first-order valence-corrected chi connectivity index (χ1v) is 8.93. The molecule has 0 amide bonds. The summed E-state index contributed by atoms with van der Waals surface area (Å²) in [6.07, 6.45) is -0.617.